The monoisotopic (exact) mass is 200 g/mol. The van der Waals surface area contributed by atoms with E-state index in [0.29, 0.717) is 6.42 Å². The van der Waals surface area contributed by atoms with Crippen molar-refractivity contribution in [3.8, 4) is 11.8 Å². The van der Waals surface area contributed by atoms with Gasteiger partial charge in [-0.1, -0.05) is 0 Å². The molecule has 76 valence electrons. The molecule has 0 aliphatic heterocycles. The number of methoxy groups -OCH3 is 1. The number of H-pyrrole nitrogens is 1. The van der Waals surface area contributed by atoms with Crippen LogP contribution in [0.1, 0.15) is 11.1 Å². The van der Waals surface area contributed by atoms with Crippen LogP contribution in [0, 0.1) is 18.3 Å². The van der Waals surface area contributed by atoms with Gasteiger partial charge in [-0.25, -0.2) is 0 Å². The molecule has 0 atom stereocenters. The van der Waals surface area contributed by atoms with Crippen LogP contribution in [0.15, 0.2) is 18.3 Å². The zero-order valence-corrected chi connectivity index (χ0v) is 8.79. The number of nitrogens with one attached hydrogen (secondary N) is 1. The molecule has 3 heteroatoms. The Hall–Kier alpha value is -1.95. The topological polar surface area (TPSA) is 48.8 Å². The van der Waals surface area contributed by atoms with Gasteiger partial charge in [-0.3, -0.25) is 0 Å². The van der Waals surface area contributed by atoms with E-state index in [1.165, 1.54) is 0 Å². The van der Waals surface area contributed by atoms with Gasteiger partial charge in [0, 0.05) is 11.6 Å². The normalized spacial score (nSPS) is 10.2. The van der Waals surface area contributed by atoms with Crippen LogP contribution in [0.4, 0.5) is 0 Å². The summed E-state index contributed by atoms with van der Waals surface area (Å²) in [6.45, 7) is 2.02. The number of aromatic nitrogens is 1. The van der Waals surface area contributed by atoms with Crippen molar-refractivity contribution in [3.05, 3.63) is 29.5 Å². The molecule has 0 aliphatic carbocycles. The molecular weight excluding hydrogens is 188 g/mol. The van der Waals surface area contributed by atoms with Crippen LogP contribution in [-0.4, -0.2) is 12.1 Å². The average Bonchev–Trinajstić information content (AvgIpc) is 2.61. The predicted molar refractivity (Wildman–Crippen MR) is 58.9 cm³/mol. The van der Waals surface area contributed by atoms with Crippen LogP contribution >= 0.6 is 0 Å². The number of aromatic amines is 1. The molecule has 0 radical (unpaired) electrons. The zero-order valence-electron chi connectivity index (χ0n) is 8.79. The molecule has 0 aliphatic rings. The summed E-state index contributed by atoms with van der Waals surface area (Å²) in [5.41, 5.74) is 3.13. The maximum atomic E-state index is 8.70. The Balaban J connectivity index is 2.70. The van der Waals surface area contributed by atoms with Crippen LogP contribution in [-0.2, 0) is 6.42 Å². The smallest absolute Gasteiger partial charge is 0.143 e. The number of ether oxygens (including phenoxy) is 1. The molecule has 1 aromatic heterocycles. The second kappa shape index (κ2) is 3.66. The van der Waals surface area contributed by atoms with E-state index < -0.39 is 0 Å². The molecule has 0 saturated heterocycles. The second-order valence-corrected chi connectivity index (χ2v) is 3.54. The number of nitriles is 1. The first-order valence-electron chi connectivity index (χ1n) is 4.78. The zero-order chi connectivity index (χ0) is 10.8. The Bertz CT molecular complexity index is 534. The summed E-state index contributed by atoms with van der Waals surface area (Å²) in [7, 11) is 1.65. The highest BCUT2D eigenvalue weighted by Gasteiger charge is 2.08. The first-order valence-corrected chi connectivity index (χ1v) is 4.78. The van der Waals surface area contributed by atoms with Gasteiger partial charge >= 0.3 is 0 Å². The number of hydrogen-bond donors (Lipinski definition) is 1. The maximum Gasteiger partial charge on any atom is 0.143 e. The summed E-state index contributed by atoms with van der Waals surface area (Å²) >= 11 is 0. The summed E-state index contributed by atoms with van der Waals surface area (Å²) in [5.74, 6) is 0.828. The quantitative estimate of drug-likeness (QED) is 0.809. The number of aryl methyl sites for hydroxylation is 1. The van der Waals surface area contributed by atoms with E-state index in [1.807, 2.05) is 19.2 Å². The molecule has 0 fully saturated rings. The van der Waals surface area contributed by atoms with Gasteiger partial charge < -0.3 is 9.72 Å². The molecule has 0 saturated carbocycles. The Morgan fingerprint density at radius 1 is 1.47 bits per heavy atom. The number of fused-ring (bicyclic) bond motifs is 1. The van der Waals surface area contributed by atoms with Crippen molar-refractivity contribution >= 4 is 10.9 Å². The number of hydrogen-bond acceptors (Lipinski definition) is 2. The van der Waals surface area contributed by atoms with E-state index in [1.54, 1.807) is 7.11 Å². The largest absolute Gasteiger partial charge is 0.495 e. The molecule has 2 rings (SSSR count). The van der Waals surface area contributed by atoms with E-state index in [4.69, 9.17) is 10.00 Å². The van der Waals surface area contributed by atoms with E-state index in [9.17, 15) is 0 Å². The Kier molecular flexibility index (Phi) is 2.34. The van der Waals surface area contributed by atoms with Gasteiger partial charge in [-0.15, -0.1) is 0 Å². The van der Waals surface area contributed by atoms with E-state index in [2.05, 4.69) is 17.1 Å². The van der Waals surface area contributed by atoms with Crippen LogP contribution in [0.3, 0.4) is 0 Å². The van der Waals surface area contributed by atoms with Crippen molar-refractivity contribution in [2.75, 3.05) is 7.11 Å². The SMILES string of the molecule is COc1cc(C)cc2c(CC#N)c[nH]c12. The lowest BCUT2D eigenvalue weighted by Gasteiger charge is -2.03. The molecule has 0 unspecified atom stereocenters. The summed E-state index contributed by atoms with van der Waals surface area (Å²) < 4.78 is 5.29. The molecule has 1 N–H and O–H groups in total. The fraction of sp³-hybridized carbons (Fsp3) is 0.250. The summed E-state index contributed by atoms with van der Waals surface area (Å²) in [6.07, 6.45) is 2.29. The van der Waals surface area contributed by atoms with Crippen molar-refractivity contribution in [2.24, 2.45) is 0 Å². The number of nitrogens with zero attached hydrogens (tertiary/aromatic N) is 1. The molecular formula is C12H12N2O. The highest BCUT2D eigenvalue weighted by Crippen LogP contribution is 2.28. The lowest BCUT2D eigenvalue weighted by Crippen LogP contribution is -1.86. The molecule has 0 bridgehead atoms. The maximum absolute atomic E-state index is 8.70. The van der Waals surface area contributed by atoms with Crippen molar-refractivity contribution in [2.45, 2.75) is 13.3 Å². The predicted octanol–water partition coefficient (Wildman–Crippen LogP) is 2.55. The Morgan fingerprint density at radius 2 is 2.27 bits per heavy atom. The average molecular weight is 200 g/mol. The van der Waals surface area contributed by atoms with Gasteiger partial charge in [0.05, 0.1) is 25.1 Å². The fourth-order valence-corrected chi connectivity index (χ4v) is 1.78. The molecule has 2 aromatic rings. The Morgan fingerprint density at radius 3 is 2.93 bits per heavy atom. The molecule has 15 heavy (non-hydrogen) atoms. The molecule has 1 heterocycles. The highest BCUT2D eigenvalue weighted by atomic mass is 16.5. The highest BCUT2D eigenvalue weighted by molar-refractivity contribution is 5.89. The first-order chi connectivity index (χ1) is 7.26. The second-order valence-electron chi connectivity index (χ2n) is 3.54. The first kappa shape index (κ1) is 9.60. The van der Waals surface area contributed by atoms with Gasteiger partial charge in [0.2, 0.25) is 0 Å². The van der Waals surface area contributed by atoms with Crippen molar-refractivity contribution in [1.82, 2.24) is 4.98 Å². The van der Waals surface area contributed by atoms with Gasteiger partial charge in [0.1, 0.15) is 5.75 Å². The van der Waals surface area contributed by atoms with Crippen LogP contribution < -0.4 is 4.74 Å². The number of rotatable bonds is 2. The third kappa shape index (κ3) is 1.55. The fourth-order valence-electron chi connectivity index (χ4n) is 1.78. The minimum absolute atomic E-state index is 0.423. The third-order valence-corrected chi connectivity index (χ3v) is 2.47. The van der Waals surface area contributed by atoms with Gasteiger partial charge in [0.15, 0.2) is 0 Å². The lowest BCUT2D eigenvalue weighted by atomic mass is 10.1. The summed E-state index contributed by atoms with van der Waals surface area (Å²) in [6, 6.07) is 6.21. The van der Waals surface area contributed by atoms with Crippen molar-refractivity contribution < 1.29 is 4.74 Å². The van der Waals surface area contributed by atoms with E-state index in [-0.39, 0.29) is 0 Å². The summed E-state index contributed by atoms with van der Waals surface area (Å²) in [5, 5.41) is 9.78. The third-order valence-electron chi connectivity index (χ3n) is 2.47. The van der Waals surface area contributed by atoms with Gasteiger partial charge in [-0.2, -0.15) is 5.26 Å². The minimum atomic E-state index is 0.423. The lowest BCUT2D eigenvalue weighted by molar-refractivity contribution is 0.418. The van der Waals surface area contributed by atoms with Crippen molar-refractivity contribution in [3.63, 3.8) is 0 Å². The van der Waals surface area contributed by atoms with Crippen LogP contribution in [0.25, 0.3) is 10.9 Å². The molecule has 0 amide bonds. The van der Waals surface area contributed by atoms with Crippen LogP contribution in [0.5, 0.6) is 5.75 Å². The van der Waals surface area contributed by atoms with Gasteiger partial charge in [-0.05, 0) is 30.2 Å². The van der Waals surface area contributed by atoms with E-state index >= 15 is 0 Å². The van der Waals surface area contributed by atoms with Gasteiger partial charge in [0.25, 0.3) is 0 Å². The number of benzene rings is 1. The van der Waals surface area contributed by atoms with Crippen molar-refractivity contribution in [1.29, 1.82) is 5.26 Å². The Labute approximate surface area is 88.3 Å². The molecule has 1 aromatic carbocycles. The van der Waals surface area contributed by atoms with Crippen LogP contribution in [0.2, 0.25) is 0 Å². The standard InChI is InChI=1S/C12H12N2O/c1-8-5-10-9(3-4-13)7-14-12(10)11(6-8)15-2/h5-7,14H,3H2,1-2H3. The van der Waals surface area contributed by atoms with E-state index in [0.717, 1.165) is 27.8 Å². The molecule has 0 spiro atoms. The minimum Gasteiger partial charge on any atom is -0.495 e. The summed E-state index contributed by atoms with van der Waals surface area (Å²) in [4.78, 5) is 3.14. The molecule has 3 nitrogen and oxygen atoms in total.